The SMILES string of the molecule is Cc1ccccc1COC[C@@H](NC(=O)c1cccnc1Oc1ccc(Cl)cc1)C(=O)N1CCN(C)CC1. The first-order valence-electron chi connectivity index (χ1n) is 12.2. The van der Waals surface area contributed by atoms with Gasteiger partial charge in [-0.05, 0) is 61.5 Å². The van der Waals surface area contributed by atoms with E-state index in [2.05, 4.69) is 15.2 Å². The average Bonchev–Trinajstić information content (AvgIpc) is 2.91. The highest BCUT2D eigenvalue weighted by molar-refractivity contribution is 6.30. The summed E-state index contributed by atoms with van der Waals surface area (Å²) >= 11 is 5.96. The molecular weight excluding hydrogens is 492 g/mol. The predicted octanol–water partition coefficient (Wildman–Crippen LogP) is 3.92. The summed E-state index contributed by atoms with van der Waals surface area (Å²) < 4.78 is 11.8. The molecular formula is C28H31ClN4O4. The Hall–Kier alpha value is -3.46. The highest BCUT2D eigenvalue weighted by Gasteiger charge is 2.29. The number of aryl methyl sites for hydroxylation is 1. The molecule has 0 saturated carbocycles. The van der Waals surface area contributed by atoms with Crippen molar-refractivity contribution in [3.63, 3.8) is 0 Å². The van der Waals surface area contributed by atoms with Gasteiger partial charge in [0.2, 0.25) is 11.8 Å². The van der Waals surface area contributed by atoms with E-state index in [1.165, 1.54) is 0 Å². The van der Waals surface area contributed by atoms with Crippen LogP contribution in [0.5, 0.6) is 11.6 Å². The number of ether oxygens (including phenoxy) is 2. The number of likely N-dealkylation sites (N-methyl/N-ethyl adjacent to an activating group) is 1. The fraction of sp³-hybridized carbons (Fsp3) is 0.321. The maximum atomic E-state index is 13.4. The van der Waals surface area contributed by atoms with Crippen molar-refractivity contribution in [2.45, 2.75) is 19.6 Å². The molecule has 37 heavy (non-hydrogen) atoms. The van der Waals surface area contributed by atoms with Crippen molar-refractivity contribution in [2.75, 3.05) is 39.8 Å². The van der Waals surface area contributed by atoms with Crippen LogP contribution >= 0.6 is 11.6 Å². The highest BCUT2D eigenvalue weighted by Crippen LogP contribution is 2.24. The third kappa shape index (κ3) is 7.29. The fourth-order valence-corrected chi connectivity index (χ4v) is 4.10. The zero-order valence-electron chi connectivity index (χ0n) is 21.0. The van der Waals surface area contributed by atoms with Gasteiger partial charge in [-0.15, -0.1) is 0 Å². The van der Waals surface area contributed by atoms with E-state index in [0.29, 0.717) is 30.5 Å². The van der Waals surface area contributed by atoms with Gasteiger partial charge in [-0.1, -0.05) is 35.9 Å². The summed E-state index contributed by atoms with van der Waals surface area (Å²) in [5, 5.41) is 3.44. The van der Waals surface area contributed by atoms with E-state index in [9.17, 15) is 9.59 Å². The van der Waals surface area contributed by atoms with Gasteiger partial charge in [0, 0.05) is 37.4 Å². The van der Waals surface area contributed by atoms with Crippen molar-refractivity contribution in [3.8, 4) is 11.6 Å². The van der Waals surface area contributed by atoms with Crippen LogP contribution in [0.25, 0.3) is 0 Å². The number of carbonyl (C=O) groups excluding carboxylic acids is 2. The standard InChI is InChI=1S/C28H31ClN4O4/c1-20-6-3-4-7-21(20)18-36-19-25(28(35)33-16-14-32(2)15-17-33)31-26(34)24-8-5-13-30-27(24)37-23-11-9-22(29)10-12-23/h3-13,25H,14-19H2,1-2H3,(H,31,34)/t25-/m1/s1. The predicted molar refractivity (Wildman–Crippen MR) is 142 cm³/mol. The summed E-state index contributed by atoms with van der Waals surface area (Å²) in [5.74, 6) is -0.0166. The second-order valence-corrected chi connectivity index (χ2v) is 9.44. The molecule has 1 atom stereocenters. The smallest absolute Gasteiger partial charge is 0.257 e. The van der Waals surface area contributed by atoms with Crippen molar-refractivity contribution >= 4 is 23.4 Å². The van der Waals surface area contributed by atoms with Crippen LogP contribution in [-0.4, -0.2) is 72.5 Å². The summed E-state index contributed by atoms with van der Waals surface area (Å²) in [5.41, 5.74) is 2.35. The molecule has 8 nitrogen and oxygen atoms in total. The van der Waals surface area contributed by atoms with Crippen molar-refractivity contribution < 1.29 is 19.1 Å². The number of benzene rings is 2. The van der Waals surface area contributed by atoms with Gasteiger partial charge in [0.25, 0.3) is 5.91 Å². The molecule has 0 radical (unpaired) electrons. The van der Waals surface area contributed by atoms with Crippen LogP contribution in [0.2, 0.25) is 5.02 Å². The van der Waals surface area contributed by atoms with Crippen LogP contribution in [0.1, 0.15) is 21.5 Å². The lowest BCUT2D eigenvalue weighted by molar-refractivity contribution is -0.136. The number of nitrogens with one attached hydrogen (secondary N) is 1. The molecule has 1 N–H and O–H groups in total. The zero-order valence-corrected chi connectivity index (χ0v) is 21.8. The van der Waals surface area contributed by atoms with E-state index in [1.807, 2.05) is 38.2 Å². The second kappa shape index (κ2) is 12.7. The molecule has 0 aliphatic carbocycles. The van der Waals surface area contributed by atoms with Crippen molar-refractivity contribution in [2.24, 2.45) is 0 Å². The molecule has 1 saturated heterocycles. The summed E-state index contributed by atoms with van der Waals surface area (Å²) in [4.78, 5) is 35.0. The number of nitrogens with zero attached hydrogens (tertiary/aromatic N) is 3. The minimum atomic E-state index is -0.858. The number of halogens is 1. The van der Waals surface area contributed by atoms with Crippen LogP contribution in [0.3, 0.4) is 0 Å². The molecule has 1 fully saturated rings. The van der Waals surface area contributed by atoms with E-state index >= 15 is 0 Å². The molecule has 3 aromatic rings. The lowest BCUT2D eigenvalue weighted by atomic mass is 10.1. The number of hydrogen-bond acceptors (Lipinski definition) is 6. The Kier molecular flexibility index (Phi) is 9.11. The van der Waals surface area contributed by atoms with Crippen molar-refractivity contribution in [3.05, 3.63) is 88.6 Å². The quantitative estimate of drug-likeness (QED) is 0.458. The van der Waals surface area contributed by atoms with Gasteiger partial charge in [-0.25, -0.2) is 4.98 Å². The number of amides is 2. The molecule has 2 heterocycles. The third-order valence-corrected chi connectivity index (χ3v) is 6.52. The van der Waals surface area contributed by atoms with Gasteiger partial charge in [0.15, 0.2) is 0 Å². The van der Waals surface area contributed by atoms with Gasteiger partial charge in [0.1, 0.15) is 17.4 Å². The molecule has 0 bridgehead atoms. The molecule has 2 amide bonds. The largest absolute Gasteiger partial charge is 0.438 e. The van der Waals surface area contributed by atoms with Gasteiger partial charge < -0.3 is 24.6 Å². The highest BCUT2D eigenvalue weighted by atomic mass is 35.5. The summed E-state index contributed by atoms with van der Waals surface area (Å²) in [7, 11) is 2.02. The Morgan fingerprint density at radius 1 is 1.03 bits per heavy atom. The third-order valence-electron chi connectivity index (χ3n) is 6.27. The lowest BCUT2D eigenvalue weighted by Crippen LogP contribution is -2.55. The molecule has 1 aromatic heterocycles. The van der Waals surface area contributed by atoms with Crippen LogP contribution in [0, 0.1) is 6.92 Å². The first-order chi connectivity index (χ1) is 17.9. The Bertz CT molecular complexity index is 1210. The Morgan fingerprint density at radius 2 is 1.76 bits per heavy atom. The molecule has 1 aliphatic heterocycles. The van der Waals surface area contributed by atoms with Crippen molar-refractivity contribution in [1.29, 1.82) is 0 Å². The topological polar surface area (TPSA) is 84.0 Å². The van der Waals surface area contributed by atoms with E-state index in [0.717, 1.165) is 24.2 Å². The van der Waals surface area contributed by atoms with Crippen molar-refractivity contribution in [1.82, 2.24) is 20.1 Å². The van der Waals surface area contributed by atoms with Gasteiger partial charge >= 0.3 is 0 Å². The second-order valence-electron chi connectivity index (χ2n) is 9.01. The van der Waals surface area contributed by atoms with E-state index in [1.54, 1.807) is 47.5 Å². The molecule has 2 aromatic carbocycles. The first kappa shape index (κ1) is 26.6. The number of aromatic nitrogens is 1. The van der Waals surface area contributed by atoms with Crippen LogP contribution in [0.15, 0.2) is 66.9 Å². The summed E-state index contributed by atoms with van der Waals surface area (Å²) in [6.07, 6.45) is 1.54. The first-order valence-corrected chi connectivity index (χ1v) is 12.6. The van der Waals surface area contributed by atoms with Gasteiger partial charge in [-0.3, -0.25) is 9.59 Å². The van der Waals surface area contributed by atoms with E-state index < -0.39 is 11.9 Å². The Labute approximate surface area is 222 Å². The molecule has 0 spiro atoms. The van der Waals surface area contributed by atoms with Crippen LogP contribution in [0.4, 0.5) is 0 Å². The van der Waals surface area contributed by atoms with Gasteiger partial charge in [0.05, 0.1) is 13.2 Å². The maximum absolute atomic E-state index is 13.4. The molecule has 0 unspecified atom stereocenters. The van der Waals surface area contributed by atoms with E-state index in [-0.39, 0.29) is 24.0 Å². The summed E-state index contributed by atoms with van der Waals surface area (Å²) in [6, 6.07) is 17.1. The maximum Gasteiger partial charge on any atom is 0.257 e. The number of carbonyl (C=O) groups is 2. The number of rotatable bonds is 9. The van der Waals surface area contributed by atoms with Crippen LogP contribution in [-0.2, 0) is 16.1 Å². The normalized spacial score (nSPS) is 14.7. The zero-order chi connectivity index (χ0) is 26.2. The molecule has 9 heteroatoms. The molecule has 194 valence electrons. The van der Waals surface area contributed by atoms with E-state index in [4.69, 9.17) is 21.1 Å². The number of piperazine rings is 1. The minimum absolute atomic E-state index is 0.0406. The number of hydrogen-bond donors (Lipinski definition) is 1. The fourth-order valence-electron chi connectivity index (χ4n) is 3.98. The van der Waals surface area contributed by atoms with Crippen LogP contribution < -0.4 is 10.1 Å². The number of pyridine rings is 1. The van der Waals surface area contributed by atoms with Gasteiger partial charge in [-0.2, -0.15) is 0 Å². The summed E-state index contributed by atoms with van der Waals surface area (Å²) in [6.45, 7) is 5.13. The Balaban J connectivity index is 1.49. The monoisotopic (exact) mass is 522 g/mol. The lowest BCUT2D eigenvalue weighted by Gasteiger charge is -2.34. The molecule has 1 aliphatic rings. The average molecular weight is 523 g/mol. The minimum Gasteiger partial charge on any atom is -0.438 e. The molecule has 4 rings (SSSR count). The Morgan fingerprint density at radius 3 is 2.49 bits per heavy atom.